The van der Waals surface area contributed by atoms with Gasteiger partial charge in [-0.25, -0.2) is 9.97 Å². The summed E-state index contributed by atoms with van der Waals surface area (Å²) in [6, 6.07) is 15.5. The third-order valence-corrected chi connectivity index (χ3v) is 7.21. The number of imidazole rings is 2. The van der Waals surface area contributed by atoms with Crippen LogP contribution in [0, 0.1) is 0 Å². The number of aliphatic hydroxyl groups is 4. The molecule has 0 saturated heterocycles. The summed E-state index contributed by atoms with van der Waals surface area (Å²) < 4.78 is 3.89. The van der Waals surface area contributed by atoms with E-state index in [2.05, 4.69) is 9.97 Å². The molecule has 10 heteroatoms. The molecule has 0 unspecified atom stereocenters. The lowest BCUT2D eigenvalue weighted by molar-refractivity contribution is 0.0802. The summed E-state index contributed by atoms with van der Waals surface area (Å²) in [6.07, 6.45) is -1.70. The minimum atomic E-state index is -0.848. The highest BCUT2D eigenvalue weighted by Crippen LogP contribution is 2.28. The van der Waals surface area contributed by atoms with Crippen LogP contribution < -0.4 is 0 Å². The second-order valence-electron chi connectivity index (χ2n) is 7.36. The first-order valence-electron chi connectivity index (χ1n) is 10.3. The Morgan fingerprint density at radius 1 is 0.688 bits per heavy atom. The predicted molar refractivity (Wildman–Crippen MR) is 127 cm³/mol. The molecule has 2 aromatic carbocycles. The molecule has 8 nitrogen and oxygen atoms in total. The molecule has 0 radical (unpaired) electrons. The van der Waals surface area contributed by atoms with Gasteiger partial charge in [0.05, 0.1) is 60.6 Å². The van der Waals surface area contributed by atoms with Crippen molar-refractivity contribution in [2.24, 2.45) is 0 Å². The second kappa shape index (κ2) is 10.7. The Bertz CT molecular complexity index is 1090. The molecule has 32 heavy (non-hydrogen) atoms. The summed E-state index contributed by atoms with van der Waals surface area (Å²) in [5, 5.41) is 40.1. The van der Waals surface area contributed by atoms with E-state index in [1.165, 1.54) is 0 Å². The van der Waals surface area contributed by atoms with Gasteiger partial charge in [0, 0.05) is 11.5 Å². The van der Waals surface area contributed by atoms with Gasteiger partial charge >= 0.3 is 0 Å². The molecule has 2 atom stereocenters. The largest absolute Gasteiger partial charge is 0.394 e. The van der Waals surface area contributed by atoms with E-state index in [4.69, 9.17) is 0 Å². The van der Waals surface area contributed by atoms with Crippen LogP contribution in [0.2, 0.25) is 0 Å². The van der Waals surface area contributed by atoms with E-state index in [0.29, 0.717) is 0 Å². The van der Waals surface area contributed by atoms with Crippen LogP contribution in [0.15, 0.2) is 58.8 Å². The van der Waals surface area contributed by atoms with Crippen molar-refractivity contribution in [3.05, 3.63) is 48.5 Å². The first-order chi connectivity index (χ1) is 15.6. The lowest BCUT2D eigenvalue weighted by atomic mass is 10.3. The molecule has 2 aromatic heterocycles. The smallest absolute Gasteiger partial charge is 0.169 e. The molecule has 0 bridgehead atoms. The van der Waals surface area contributed by atoms with Crippen LogP contribution in [0.3, 0.4) is 0 Å². The van der Waals surface area contributed by atoms with E-state index >= 15 is 0 Å². The highest BCUT2D eigenvalue weighted by Gasteiger charge is 2.16. The van der Waals surface area contributed by atoms with Crippen molar-refractivity contribution in [3.8, 4) is 0 Å². The van der Waals surface area contributed by atoms with E-state index in [-0.39, 0.29) is 26.3 Å². The van der Waals surface area contributed by atoms with E-state index in [1.807, 2.05) is 57.7 Å². The zero-order valence-electron chi connectivity index (χ0n) is 17.4. The van der Waals surface area contributed by atoms with Crippen molar-refractivity contribution >= 4 is 45.6 Å². The Morgan fingerprint density at radius 3 is 1.50 bits per heavy atom. The van der Waals surface area contributed by atoms with Crippen LogP contribution >= 0.6 is 23.5 Å². The highest BCUT2D eigenvalue weighted by atomic mass is 32.2. The zero-order valence-corrected chi connectivity index (χ0v) is 19.0. The summed E-state index contributed by atoms with van der Waals surface area (Å²) in [5.74, 6) is 1.52. The standard InChI is InChI=1S/C22H26N4O4S2/c27-13-15(29)11-25-19-7-3-1-5-17(19)23-21(25)31-9-10-32-22-24-18-6-2-4-8-20(18)26(22)12-16(30)14-28/h1-8,15-16,27-30H,9-14H2/t15-,16+. The van der Waals surface area contributed by atoms with Crippen molar-refractivity contribution in [1.29, 1.82) is 0 Å². The maximum absolute atomic E-state index is 9.96. The van der Waals surface area contributed by atoms with Crippen molar-refractivity contribution in [1.82, 2.24) is 19.1 Å². The van der Waals surface area contributed by atoms with E-state index in [1.54, 1.807) is 23.5 Å². The predicted octanol–water partition coefficient (Wildman–Crippen LogP) is 1.98. The third kappa shape index (κ3) is 5.11. The number of para-hydroxylation sites is 4. The van der Waals surface area contributed by atoms with E-state index < -0.39 is 12.2 Å². The monoisotopic (exact) mass is 474 g/mol. The lowest BCUT2D eigenvalue weighted by Gasteiger charge is -2.13. The van der Waals surface area contributed by atoms with Crippen molar-refractivity contribution in [2.45, 2.75) is 35.6 Å². The molecule has 2 heterocycles. The van der Waals surface area contributed by atoms with Crippen LogP contribution in [0.4, 0.5) is 0 Å². The van der Waals surface area contributed by atoms with Gasteiger partial charge in [0.25, 0.3) is 0 Å². The molecule has 170 valence electrons. The average molecular weight is 475 g/mol. The molecule has 0 spiro atoms. The van der Waals surface area contributed by atoms with Gasteiger partial charge in [0.15, 0.2) is 10.3 Å². The molecule has 0 fully saturated rings. The van der Waals surface area contributed by atoms with Gasteiger partial charge in [-0.1, -0.05) is 47.8 Å². The molecule has 4 rings (SSSR count). The fraction of sp³-hybridized carbons (Fsp3) is 0.364. The minimum absolute atomic E-state index is 0.279. The number of aliphatic hydroxyl groups excluding tert-OH is 4. The number of hydrogen-bond donors (Lipinski definition) is 4. The van der Waals surface area contributed by atoms with Gasteiger partial charge < -0.3 is 29.6 Å². The second-order valence-corrected chi connectivity index (χ2v) is 9.48. The fourth-order valence-corrected chi connectivity index (χ4v) is 5.50. The third-order valence-electron chi connectivity index (χ3n) is 4.99. The number of benzene rings is 2. The summed E-state index contributed by atoms with van der Waals surface area (Å²) in [5.41, 5.74) is 3.56. The summed E-state index contributed by atoms with van der Waals surface area (Å²) in [6.45, 7) is -0.0482. The molecule has 0 aliphatic carbocycles. The van der Waals surface area contributed by atoms with Gasteiger partial charge in [0.1, 0.15) is 0 Å². The Balaban J connectivity index is 1.47. The van der Waals surface area contributed by atoms with Crippen LogP contribution in [0.1, 0.15) is 0 Å². The maximum Gasteiger partial charge on any atom is 0.169 e. The topological polar surface area (TPSA) is 117 Å². The molecule has 0 amide bonds. The van der Waals surface area contributed by atoms with Crippen LogP contribution in [-0.2, 0) is 13.1 Å². The maximum atomic E-state index is 9.96. The highest BCUT2D eigenvalue weighted by molar-refractivity contribution is 8.02. The summed E-state index contributed by atoms with van der Waals surface area (Å²) in [7, 11) is 0. The molecule has 0 aliphatic rings. The molecule has 0 aliphatic heterocycles. The summed E-state index contributed by atoms with van der Waals surface area (Å²) >= 11 is 3.18. The molecule has 0 saturated carbocycles. The van der Waals surface area contributed by atoms with Gasteiger partial charge in [-0.3, -0.25) is 0 Å². The first kappa shape index (κ1) is 23.1. The van der Waals surface area contributed by atoms with Crippen molar-refractivity contribution in [2.75, 3.05) is 24.7 Å². The number of hydrogen-bond acceptors (Lipinski definition) is 8. The van der Waals surface area contributed by atoms with Crippen LogP contribution in [-0.4, -0.2) is 76.5 Å². The lowest BCUT2D eigenvalue weighted by Crippen LogP contribution is -2.20. The summed E-state index contributed by atoms with van der Waals surface area (Å²) in [4.78, 5) is 9.38. The Hall–Kier alpha value is -2.08. The van der Waals surface area contributed by atoms with Gasteiger partial charge in [-0.2, -0.15) is 0 Å². The average Bonchev–Trinajstić information content (AvgIpc) is 3.34. The van der Waals surface area contributed by atoms with Gasteiger partial charge in [0.2, 0.25) is 0 Å². The van der Waals surface area contributed by atoms with Gasteiger partial charge in [-0.15, -0.1) is 0 Å². The molecular weight excluding hydrogens is 448 g/mol. The molecule has 4 aromatic rings. The zero-order chi connectivity index (χ0) is 22.5. The first-order valence-corrected chi connectivity index (χ1v) is 12.3. The number of aromatic nitrogens is 4. The number of nitrogens with zero attached hydrogens (tertiary/aromatic N) is 4. The number of fused-ring (bicyclic) bond motifs is 2. The molecular formula is C22H26N4O4S2. The number of thioether (sulfide) groups is 2. The van der Waals surface area contributed by atoms with E-state index in [9.17, 15) is 20.4 Å². The normalized spacial score (nSPS) is 13.8. The van der Waals surface area contributed by atoms with Crippen molar-refractivity contribution in [3.63, 3.8) is 0 Å². The van der Waals surface area contributed by atoms with Crippen molar-refractivity contribution < 1.29 is 20.4 Å². The Labute approximate surface area is 193 Å². The molecule has 4 N–H and O–H groups in total. The van der Waals surface area contributed by atoms with Gasteiger partial charge in [-0.05, 0) is 24.3 Å². The Kier molecular flexibility index (Phi) is 7.71. The van der Waals surface area contributed by atoms with Crippen LogP contribution in [0.5, 0.6) is 0 Å². The number of rotatable bonds is 11. The quantitative estimate of drug-likeness (QED) is 0.193. The van der Waals surface area contributed by atoms with Crippen LogP contribution in [0.25, 0.3) is 22.1 Å². The van der Waals surface area contributed by atoms with E-state index in [0.717, 1.165) is 43.9 Å². The fourth-order valence-electron chi connectivity index (χ4n) is 3.48. The minimum Gasteiger partial charge on any atom is -0.394 e. The SMILES string of the molecule is OC[C@@H](O)Cn1c(SCCSc2nc3ccccc3n2C[C@@H](O)CO)nc2ccccc21. The Morgan fingerprint density at radius 2 is 1.09 bits per heavy atom.